The second-order valence-electron chi connectivity index (χ2n) is 28.1. The fourth-order valence-corrected chi connectivity index (χ4v) is 9.93. The molecule has 0 amide bonds. The number of aldehydes is 1. The molecule has 0 saturated heterocycles. The van der Waals surface area contributed by atoms with Crippen LogP contribution < -0.4 is 5.73 Å². The Hall–Kier alpha value is -10.2. The van der Waals surface area contributed by atoms with Gasteiger partial charge in [0, 0.05) is 147 Å². The van der Waals surface area contributed by atoms with E-state index in [9.17, 15) is 28.4 Å². The number of rotatable bonds is 20. The average molecular weight is 1630 g/mol. The van der Waals surface area contributed by atoms with Crippen molar-refractivity contribution in [1.82, 2.24) is 70.2 Å². The van der Waals surface area contributed by atoms with Crippen LogP contribution in [0, 0.1) is 27.5 Å². The first-order valence-corrected chi connectivity index (χ1v) is 42.4. The number of aromatic nitrogens is 13. The maximum atomic E-state index is 12.3. The van der Waals surface area contributed by atoms with E-state index in [0.717, 1.165) is 64.8 Å². The minimum atomic E-state index is -4.13. The molecule has 0 aliphatic rings. The number of non-ortho nitro benzene ring substituents is 1. The topological polar surface area (TPSA) is 432 Å². The molecule has 0 fully saturated rings. The van der Waals surface area contributed by atoms with Gasteiger partial charge < -0.3 is 38.9 Å². The molecule has 0 bridgehead atoms. The van der Waals surface area contributed by atoms with Crippen molar-refractivity contribution < 1.29 is 59.8 Å². The molecule has 32 nitrogen and oxygen atoms in total. The number of carbonyl (C=O) groups excluding carboxylic acids is 1. The summed E-state index contributed by atoms with van der Waals surface area (Å²) in [4.78, 5) is 62.8. The summed E-state index contributed by atoms with van der Waals surface area (Å²) in [6.07, 6.45) is 32.0. The second kappa shape index (κ2) is 48.4. The number of hydrogen-bond acceptors (Lipinski definition) is 28. The zero-order valence-electron chi connectivity index (χ0n) is 67.1. The summed E-state index contributed by atoms with van der Waals surface area (Å²) in [5.74, 6) is 3.97. The zero-order chi connectivity index (χ0) is 83.3. The number of allylic oxidation sites excluding steroid dienone is 1. The summed E-state index contributed by atoms with van der Waals surface area (Å²) in [5, 5.41) is 49.8. The fraction of sp³-hybridized carbons (Fsp3) is 0.405. The monoisotopic (exact) mass is 1620 g/mol. The van der Waals surface area contributed by atoms with Gasteiger partial charge in [0.2, 0.25) is 0 Å². The molecule has 111 heavy (non-hydrogen) atoms. The third kappa shape index (κ3) is 37.8. The van der Waals surface area contributed by atoms with Gasteiger partial charge in [0.1, 0.15) is 105 Å². The Balaban J connectivity index is 0.000000651. The van der Waals surface area contributed by atoms with E-state index in [1.54, 1.807) is 49.9 Å². The van der Waals surface area contributed by atoms with Crippen molar-refractivity contribution in [2.45, 2.75) is 162 Å². The molecule has 0 radical (unpaired) electrons. The van der Waals surface area contributed by atoms with Gasteiger partial charge in [-0.05, 0) is 51.0 Å². The maximum absolute atomic E-state index is 12.3. The number of nitrogens with two attached hydrogens (primary N) is 1. The standard InChI is InChI=1S/C15H12N4O6S.C10H11N3O.C10H21N3.C9H9N3O2.C9H22N2OSi.C8H10ClN3O.C8H10N2O.C5H9Si.ClH/c1-10(15-16-8-11(9-17-15)14-6-7-24-18-14)25-26(22,23)13-4-2-12(3-5-13)19(20)21;1-7(2)10-11-5-8(6-12-10)9-3-4-14-13-9;1-11(2)7-10(8-12(3)4)9-13(5)6;1-6(13)9-10-4-7(5-11-9)8-2-3-14-12-8;1-7(8(10)11)12-13(5,6)9(2,3)4;1-5(2)8-10-3-6(4-11-8)7(9)12-13;1-6(2)8-9-3-7(5-11)4-10-8;1-5-6(2,3)4;/h2-10H,1H3;3-7H,1-2H3;7-9H,1-6H3;2-6,13H,1H3;7H,1-6H3,(H3,10,11);3-5,13H,1-2H3;3-6H,1-2H3;2-4H3;1H/q;;+2;;;;;+1;/b;;;;;12-7-;;;/t10-;;;6-;7-;;;;/m1..11..../s1. The van der Waals surface area contributed by atoms with E-state index in [2.05, 4.69) is 162 Å². The molecular weight excluding hydrogens is 1520 g/mol. The number of carbonyl (C=O) groups is 1. The van der Waals surface area contributed by atoms with Crippen LogP contribution in [-0.4, -0.2) is 198 Å². The van der Waals surface area contributed by atoms with Gasteiger partial charge in [-0.3, -0.25) is 24.5 Å². The number of halogens is 2. The number of nitro benzene ring substituents is 1. The van der Waals surface area contributed by atoms with Gasteiger partial charge in [-0.15, -0.1) is 12.4 Å². The molecule has 0 spiro atoms. The van der Waals surface area contributed by atoms with E-state index in [0.29, 0.717) is 45.7 Å². The quantitative estimate of drug-likeness (QED) is 0.00470. The Kier molecular flexibility index (Phi) is 43.1. The van der Waals surface area contributed by atoms with Crippen LogP contribution in [0.4, 0.5) is 5.69 Å². The molecule has 0 saturated carbocycles. The summed E-state index contributed by atoms with van der Waals surface area (Å²) in [7, 11) is 5.03. The van der Waals surface area contributed by atoms with Gasteiger partial charge in [0.15, 0.2) is 43.9 Å². The van der Waals surface area contributed by atoms with Crippen LogP contribution in [0.2, 0.25) is 37.8 Å². The van der Waals surface area contributed by atoms with Crippen molar-refractivity contribution in [1.29, 1.82) is 5.41 Å². The first kappa shape index (κ1) is 98.8. The van der Waals surface area contributed by atoms with Crippen LogP contribution in [0.25, 0.3) is 33.8 Å². The molecule has 9 aromatic rings. The second-order valence-corrected chi connectivity index (χ2v) is 39.5. The number of nitro groups is 1. The van der Waals surface area contributed by atoms with Crippen LogP contribution in [0.3, 0.4) is 0 Å². The third-order valence-electron chi connectivity index (χ3n) is 14.2. The Morgan fingerprint density at radius 2 is 1.01 bits per heavy atom. The van der Waals surface area contributed by atoms with Gasteiger partial charge in [0.25, 0.3) is 15.8 Å². The zero-order valence-corrected chi connectivity index (χ0v) is 71.5. The number of hydrogen-bond donors (Lipinski definition) is 4. The summed E-state index contributed by atoms with van der Waals surface area (Å²) in [5.41, 5.74) is 14.1. The van der Waals surface area contributed by atoms with Gasteiger partial charge in [0.05, 0.1) is 27.0 Å². The average Bonchev–Trinajstić information content (AvgIpc) is 1.31. The van der Waals surface area contributed by atoms with Gasteiger partial charge in [-0.2, -0.15) is 8.42 Å². The van der Waals surface area contributed by atoms with Crippen molar-refractivity contribution >= 4 is 85.9 Å². The molecule has 0 aliphatic heterocycles. The third-order valence-corrected chi connectivity index (χ3v) is 21.2. The predicted octanol–water partition coefficient (Wildman–Crippen LogP) is 13.7. The molecule has 0 unspecified atom stereocenters. The molecule has 3 atom stereocenters. The van der Waals surface area contributed by atoms with E-state index in [1.807, 2.05) is 91.0 Å². The summed E-state index contributed by atoms with van der Waals surface area (Å²) in [6.45, 7) is 34.2. The molecule has 8 heterocycles. The first-order valence-electron chi connectivity index (χ1n) is 34.2. The van der Waals surface area contributed by atoms with Crippen LogP contribution >= 0.6 is 24.0 Å². The fourth-order valence-electron chi connectivity index (χ4n) is 7.43. The number of aliphatic hydroxyl groups is 1. The van der Waals surface area contributed by atoms with Crippen molar-refractivity contribution in [3.05, 3.63) is 192 Å². The predicted molar refractivity (Wildman–Crippen MR) is 434 cm³/mol. The number of aliphatic hydroxyl groups excluding tert-OH is 1. The molecule has 37 heteroatoms. The molecule has 8 aromatic heterocycles. The minimum absolute atomic E-state index is 0. The number of benzene rings is 1. The molecule has 0 aliphatic carbocycles. The van der Waals surface area contributed by atoms with Crippen molar-refractivity contribution in [2.24, 2.45) is 10.9 Å². The van der Waals surface area contributed by atoms with Crippen molar-refractivity contribution in [3.8, 4) is 39.3 Å². The Labute approximate surface area is 663 Å². The van der Waals surface area contributed by atoms with E-state index < -0.39 is 43.6 Å². The van der Waals surface area contributed by atoms with Gasteiger partial charge in [-0.1, -0.05) is 94.5 Å². The van der Waals surface area contributed by atoms with Gasteiger partial charge in [-0.25, -0.2) is 59.0 Å². The number of oxime groups is 1. The Morgan fingerprint density at radius 1 is 0.658 bits per heavy atom. The van der Waals surface area contributed by atoms with E-state index >= 15 is 0 Å². The molecule has 5 N–H and O–H groups in total. The normalized spacial score (nSPS) is 11.8. The van der Waals surface area contributed by atoms with Crippen LogP contribution in [0.15, 0.2) is 159 Å². The number of nitrogens with zero attached hydrogens (tertiary/aromatic N) is 18. The van der Waals surface area contributed by atoms with Crippen molar-refractivity contribution in [3.63, 3.8) is 0 Å². The molecule has 598 valence electrons. The Bertz CT molecular complexity index is 4370. The first-order chi connectivity index (χ1) is 51.3. The summed E-state index contributed by atoms with van der Waals surface area (Å²) in [6, 6.07) is 9.53. The number of amidine groups is 1. The molecule has 1 aromatic carbocycles. The van der Waals surface area contributed by atoms with Crippen LogP contribution in [0.1, 0.15) is 158 Å². The summed E-state index contributed by atoms with van der Waals surface area (Å²) < 4.78 is 53.7. The Morgan fingerprint density at radius 3 is 1.29 bits per heavy atom. The van der Waals surface area contributed by atoms with Crippen LogP contribution in [-0.2, 0) is 18.7 Å². The summed E-state index contributed by atoms with van der Waals surface area (Å²) >= 11 is 5.54. The SMILES string of the molecule is CC(C)c1ncc(-c2ccon2)cn1.CC(C)c1ncc(/C(Cl)=N/O)cn1.CC(C)c1ncc(C=O)cn1.CN(C)C=C(C=[N+](C)C)C=[N+](C)C.C[C@@H](O)c1ncc(-c2ccon2)cn1.C[C@@H](OS(=O)(=O)c1ccc([N+](=O)[O-])cc1)c1ncc(-c2ccon2)cn1.C[C@@H](O[Si](C)(C)C(C)(C)C)C(=N)N.Cl.[C+]#C[Si](C)(C)C. The number of nitrogens with one attached hydrogen (secondary N) is 1. The van der Waals surface area contributed by atoms with E-state index in [-0.39, 0.29) is 56.9 Å². The molecular formula is C74H105Cl2N20O12SSi2+3. The molecule has 9 rings (SSSR count). The van der Waals surface area contributed by atoms with E-state index in [4.69, 9.17) is 56.6 Å². The van der Waals surface area contributed by atoms with Crippen molar-refractivity contribution in [2.75, 3.05) is 42.3 Å². The van der Waals surface area contributed by atoms with E-state index in [1.165, 1.54) is 68.5 Å². The van der Waals surface area contributed by atoms with Crippen LogP contribution in [0.5, 0.6) is 0 Å². The van der Waals surface area contributed by atoms with Gasteiger partial charge >= 0.3 is 39.7 Å².